The van der Waals surface area contributed by atoms with Crippen LogP contribution in [0.25, 0.3) is 17.3 Å². The van der Waals surface area contributed by atoms with E-state index in [-0.39, 0.29) is 23.8 Å². The molecule has 1 aliphatic heterocycles. The summed E-state index contributed by atoms with van der Waals surface area (Å²) in [7, 11) is 1.30. The number of carbonyl (C=O) groups excluding carboxylic acids is 3. The molecule has 2 bridgehead atoms. The summed E-state index contributed by atoms with van der Waals surface area (Å²) >= 11 is 6.21. The maximum absolute atomic E-state index is 13.1. The molecule has 2 unspecified atom stereocenters. The van der Waals surface area contributed by atoms with E-state index in [1.54, 1.807) is 36.5 Å². The molecule has 14 heteroatoms. The molecule has 43 heavy (non-hydrogen) atoms. The number of nitrogens with one attached hydrogen (secondary N) is 4. The highest BCUT2D eigenvalue weighted by atomic mass is 35.5. The van der Waals surface area contributed by atoms with E-state index in [0.717, 1.165) is 18.4 Å². The highest BCUT2D eigenvalue weighted by Gasteiger charge is 2.32. The highest BCUT2D eigenvalue weighted by Crippen LogP contribution is 2.32. The summed E-state index contributed by atoms with van der Waals surface area (Å²) < 4.78 is 6.24. The lowest BCUT2D eigenvalue weighted by Crippen LogP contribution is -2.44. The van der Waals surface area contributed by atoms with Crippen molar-refractivity contribution in [2.24, 2.45) is 5.92 Å². The molecule has 5 rings (SSSR count). The lowest BCUT2D eigenvalue weighted by molar-refractivity contribution is -0.121. The first-order valence-corrected chi connectivity index (χ1v) is 14.3. The van der Waals surface area contributed by atoms with Gasteiger partial charge in [-0.2, -0.15) is 4.68 Å². The SMILES string of the molecule is COC(=O)NC1=CC=C2c3c[nH]c(n3)[C@@H](NC(=O)/C=C/c3cc(Cl)ccc3-n3cnnn3)CCCCCC(=O)NC2C1C. The van der Waals surface area contributed by atoms with Gasteiger partial charge in [-0.1, -0.05) is 37.4 Å². The fourth-order valence-corrected chi connectivity index (χ4v) is 5.36. The van der Waals surface area contributed by atoms with Crippen LogP contribution in [0.3, 0.4) is 0 Å². The van der Waals surface area contributed by atoms with Crippen molar-refractivity contribution in [2.45, 2.75) is 51.1 Å². The smallest absolute Gasteiger partial charge is 0.411 e. The van der Waals surface area contributed by atoms with Crippen molar-refractivity contribution in [1.82, 2.24) is 46.1 Å². The zero-order chi connectivity index (χ0) is 30.3. The van der Waals surface area contributed by atoms with Gasteiger partial charge in [0.1, 0.15) is 12.2 Å². The number of tetrazole rings is 1. The van der Waals surface area contributed by atoms with Crippen LogP contribution < -0.4 is 16.0 Å². The Balaban J connectivity index is 1.39. The number of methoxy groups -OCH3 is 1. The Morgan fingerprint density at radius 1 is 1.21 bits per heavy atom. The van der Waals surface area contributed by atoms with Crippen LogP contribution in [0.2, 0.25) is 5.02 Å². The third kappa shape index (κ3) is 7.17. The number of aromatic nitrogens is 6. The molecule has 224 valence electrons. The Kier molecular flexibility index (Phi) is 9.30. The fourth-order valence-electron chi connectivity index (χ4n) is 5.18. The van der Waals surface area contributed by atoms with E-state index in [1.165, 1.54) is 24.2 Å². The molecule has 2 aliphatic rings. The maximum atomic E-state index is 13.1. The third-order valence-corrected chi connectivity index (χ3v) is 7.69. The van der Waals surface area contributed by atoms with Gasteiger partial charge >= 0.3 is 6.09 Å². The van der Waals surface area contributed by atoms with Crippen molar-refractivity contribution >= 4 is 41.2 Å². The van der Waals surface area contributed by atoms with E-state index < -0.39 is 12.1 Å². The zero-order valence-corrected chi connectivity index (χ0v) is 24.5. The number of benzene rings is 1. The van der Waals surface area contributed by atoms with Gasteiger partial charge in [0.05, 0.1) is 30.6 Å². The minimum Gasteiger partial charge on any atom is -0.453 e. The van der Waals surface area contributed by atoms with Crippen molar-refractivity contribution < 1.29 is 19.1 Å². The van der Waals surface area contributed by atoms with Gasteiger partial charge in [0.15, 0.2) is 0 Å². The van der Waals surface area contributed by atoms with Crippen LogP contribution in [0.1, 0.15) is 62.2 Å². The van der Waals surface area contributed by atoms with Crippen molar-refractivity contribution in [3.8, 4) is 5.69 Å². The number of aromatic amines is 1. The maximum Gasteiger partial charge on any atom is 0.411 e. The first kappa shape index (κ1) is 29.7. The van der Waals surface area contributed by atoms with Crippen molar-refractivity contribution in [2.75, 3.05) is 7.11 Å². The Morgan fingerprint density at radius 3 is 2.86 bits per heavy atom. The molecular formula is C29H32ClN9O4. The van der Waals surface area contributed by atoms with Crippen LogP contribution >= 0.6 is 11.6 Å². The molecule has 0 radical (unpaired) electrons. The van der Waals surface area contributed by atoms with Crippen LogP contribution in [0.15, 0.2) is 54.6 Å². The summed E-state index contributed by atoms with van der Waals surface area (Å²) in [5, 5.41) is 20.7. The monoisotopic (exact) mass is 605 g/mol. The number of nitrogens with zero attached hydrogens (tertiary/aromatic N) is 5. The predicted molar refractivity (Wildman–Crippen MR) is 158 cm³/mol. The Hall–Kier alpha value is -4.78. The third-order valence-electron chi connectivity index (χ3n) is 7.45. The van der Waals surface area contributed by atoms with Gasteiger partial charge in [0, 0.05) is 46.5 Å². The van der Waals surface area contributed by atoms with Crippen LogP contribution in [0, 0.1) is 5.92 Å². The molecule has 3 atom stereocenters. The van der Waals surface area contributed by atoms with E-state index in [2.05, 4.69) is 36.5 Å². The minimum atomic E-state index is -0.581. The number of amides is 3. The number of halogens is 1. The largest absolute Gasteiger partial charge is 0.453 e. The summed E-state index contributed by atoms with van der Waals surface area (Å²) in [5.41, 5.74) is 3.39. The molecule has 1 aliphatic carbocycles. The average Bonchev–Trinajstić information content (AvgIpc) is 3.70. The molecular weight excluding hydrogens is 574 g/mol. The van der Waals surface area contributed by atoms with E-state index in [0.29, 0.717) is 52.8 Å². The number of fused-ring (bicyclic) bond motifs is 4. The molecule has 3 aromatic rings. The standard InChI is InChI=1S/C29H32ClN9O4/c1-17-21(35-29(42)43-2)11-10-20-23-15-31-28(34-23)22(6-4-3-5-7-25(40)36-27(17)20)33-26(41)13-8-18-14-19(30)9-12-24(18)39-16-32-37-38-39/h8-17,22,27H,3-7H2,1-2H3,(H,31,34)(H,33,41)(H,35,42)(H,36,40)/b13-8+/t17?,22-,27?/m0/s1. The average molecular weight is 606 g/mol. The molecule has 1 aromatic carbocycles. The molecule has 0 fully saturated rings. The second kappa shape index (κ2) is 13.5. The van der Waals surface area contributed by atoms with E-state index >= 15 is 0 Å². The number of hydrogen-bond donors (Lipinski definition) is 4. The lowest BCUT2D eigenvalue weighted by Gasteiger charge is -2.31. The minimum absolute atomic E-state index is 0.0749. The number of imidazole rings is 1. The van der Waals surface area contributed by atoms with E-state index in [9.17, 15) is 14.4 Å². The topological polar surface area (TPSA) is 169 Å². The number of ether oxygens (including phenoxy) is 1. The van der Waals surface area contributed by atoms with Crippen molar-refractivity contribution in [3.05, 3.63) is 76.8 Å². The van der Waals surface area contributed by atoms with Crippen LogP contribution in [-0.4, -0.2) is 61.2 Å². The van der Waals surface area contributed by atoms with Gasteiger partial charge in [0.2, 0.25) is 11.8 Å². The van der Waals surface area contributed by atoms with E-state index in [4.69, 9.17) is 21.3 Å². The predicted octanol–water partition coefficient (Wildman–Crippen LogP) is 3.63. The van der Waals surface area contributed by atoms with Gasteiger partial charge in [-0.05, 0) is 53.6 Å². The first-order chi connectivity index (χ1) is 20.8. The fraction of sp³-hybridized carbons (Fsp3) is 0.345. The van der Waals surface area contributed by atoms with Gasteiger partial charge in [-0.3, -0.25) is 14.9 Å². The molecule has 0 spiro atoms. The van der Waals surface area contributed by atoms with Gasteiger partial charge in [-0.15, -0.1) is 5.10 Å². The number of H-pyrrole nitrogens is 1. The van der Waals surface area contributed by atoms with Crippen molar-refractivity contribution in [3.63, 3.8) is 0 Å². The molecule has 0 saturated heterocycles. The number of hydrogen-bond acceptors (Lipinski definition) is 8. The van der Waals surface area contributed by atoms with Gasteiger partial charge < -0.3 is 20.4 Å². The number of carbonyl (C=O) groups is 3. The molecule has 3 heterocycles. The quantitative estimate of drug-likeness (QED) is 0.320. The van der Waals surface area contributed by atoms with Crippen molar-refractivity contribution in [1.29, 1.82) is 0 Å². The molecule has 3 amide bonds. The Labute approximate surface area is 252 Å². The normalized spacial score (nSPS) is 20.8. The van der Waals surface area contributed by atoms with Gasteiger partial charge in [-0.25, -0.2) is 9.78 Å². The summed E-state index contributed by atoms with van der Waals surface area (Å²) in [6, 6.07) is 4.41. The summed E-state index contributed by atoms with van der Waals surface area (Å²) in [6.45, 7) is 1.92. The van der Waals surface area contributed by atoms with Crippen LogP contribution in [0.5, 0.6) is 0 Å². The summed E-state index contributed by atoms with van der Waals surface area (Å²) in [6.07, 6.45) is 12.7. The first-order valence-electron chi connectivity index (χ1n) is 14.0. The molecule has 4 N–H and O–H groups in total. The Bertz CT molecular complexity index is 1580. The second-order valence-corrected chi connectivity index (χ2v) is 10.8. The van der Waals surface area contributed by atoms with Gasteiger partial charge in [0.25, 0.3) is 0 Å². The lowest BCUT2D eigenvalue weighted by atomic mass is 9.85. The highest BCUT2D eigenvalue weighted by molar-refractivity contribution is 6.30. The summed E-state index contributed by atoms with van der Waals surface area (Å²) in [4.78, 5) is 46.0. The second-order valence-electron chi connectivity index (χ2n) is 10.3. The molecule has 13 nitrogen and oxygen atoms in total. The molecule has 2 aromatic heterocycles. The number of alkyl carbamates (subject to hydrolysis) is 1. The zero-order valence-electron chi connectivity index (χ0n) is 23.7. The van der Waals surface area contributed by atoms with Crippen LogP contribution in [-0.2, 0) is 14.3 Å². The Morgan fingerprint density at radius 2 is 2.07 bits per heavy atom. The molecule has 0 saturated carbocycles. The van der Waals surface area contributed by atoms with E-state index in [1.807, 2.05) is 13.0 Å². The summed E-state index contributed by atoms with van der Waals surface area (Å²) in [5.74, 6) is -0.0291. The number of allylic oxidation sites excluding steroid dienone is 2. The van der Waals surface area contributed by atoms with Crippen LogP contribution in [0.4, 0.5) is 4.79 Å². The number of rotatable bonds is 5.